The summed E-state index contributed by atoms with van der Waals surface area (Å²) in [7, 11) is 0. The highest BCUT2D eigenvalue weighted by Gasteiger charge is 2.19. The van der Waals surface area contributed by atoms with Gasteiger partial charge in [-0.15, -0.1) is 0 Å². The number of aromatic nitrogens is 1. The molecule has 0 bridgehead atoms. The van der Waals surface area contributed by atoms with E-state index in [2.05, 4.69) is 10.3 Å². The van der Waals surface area contributed by atoms with E-state index in [0.717, 1.165) is 11.8 Å². The molecule has 1 N–H and O–H groups in total. The molecule has 2 rings (SSSR count). The fourth-order valence-electron chi connectivity index (χ4n) is 1.08. The van der Waals surface area contributed by atoms with Gasteiger partial charge in [0.05, 0.1) is 17.3 Å². The van der Waals surface area contributed by atoms with Crippen molar-refractivity contribution in [2.24, 2.45) is 0 Å². The molecule has 4 nitrogen and oxygen atoms in total. The zero-order chi connectivity index (χ0) is 10.1. The number of fused-ring (bicyclic) bond motifs is 1. The average Bonchev–Trinajstić information content (AvgIpc) is 2.17. The molecule has 6 heteroatoms. The largest absolute Gasteiger partial charge is 0.375 e. The zero-order valence-corrected chi connectivity index (χ0v) is 8.48. The van der Waals surface area contributed by atoms with E-state index in [4.69, 9.17) is 11.6 Å². The van der Waals surface area contributed by atoms with Crippen molar-refractivity contribution in [2.45, 2.75) is 5.03 Å². The van der Waals surface area contributed by atoms with E-state index < -0.39 is 0 Å². The summed E-state index contributed by atoms with van der Waals surface area (Å²) in [4.78, 5) is 25.5. The standard InChI is InChI=1S/C8H5ClN2O2S/c9-4-1-5-8(11-6(4)3-12)14-7(13)2-10-5/h1,3,10H,2H2. The van der Waals surface area contributed by atoms with E-state index in [0.29, 0.717) is 22.0 Å². The van der Waals surface area contributed by atoms with E-state index >= 15 is 0 Å². The van der Waals surface area contributed by atoms with E-state index in [1.807, 2.05) is 0 Å². The van der Waals surface area contributed by atoms with Crippen molar-refractivity contribution in [1.29, 1.82) is 0 Å². The summed E-state index contributed by atoms with van der Waals surface area (Å²) in [5.41, 5.74) is 0.861. The van der Waals surface area contributed by atoms with Crippen molar-refractivity contribution in [1.82, 2.24) is 4.98 Å². The van der Waals surface area contributed by atoms with Gasteiger partial charge in [0.15, 0.2) is 6.29 Å². The van der Waals surface area contributed by atoms with Gasteiger partial charge in [0.1, 0.15) is 10.7 Å². The first-order valence-electron chi connectivity index (χ1n) is 3.81. The minimum atomic E-state index is -0.0239. The number of hydrogen-bond acceptors (Lipinski definition) is 5. The van der Waals surface area contributed by atoms with Crippen molar-refractivity contribution in [3.8, 4) is 0 Å². The molecule has 1 aromatic rings. The summed E-state index contributed by atoms with van der Waals surface area (Å²) in [5.74, 6) is 0. The molecule has 72 valence electrons. The Bertz CT molecular complexity index is 422. The Morgan fingerprint density at radius 3 is 3.14 bits per heavy atom. The number of hydrogen-bond donors (Lipinski definition) is 1. The van der Waals surface area contributed by atoms with Crippen LogP contribution in [-0.2, 0) is 4.79 Å². The molecule has 0 atom stereocenters. The van der Waals surface area contributed by atoms with Crippen molar-refractivity contribution in [2.75, 3.05) is 11.9 Å². The van der Waals surface area contributed by atoms with Gasteiger partial charge in [-0.3, -0.25) is 9.59 Å². The summed E-state index contributed by atoms with van der Waals surface area (Å²) < 4.78 is 0. The summed E-state index contributed by atoms with van der Waals surface area (Å²) in [6.45, 7) is 0.260. The highest BCUT2D eigenvalue weighted by Crippen LogP contribution is 2.32. The highest BCUT2D eigenvalue weighted by molar-refractivity contribution is 8.13. The molecular formula is C8H5ClN2O2S. The minimum absolute atomic E-state index is 0.0239. The van der Waals surface area contributed by atoms with Crippen LogP contribution in [0, 0.1) is 0 Å². The molecule has 1 aromatic heterocycles. The molecule has 0 saturated carbocycles. The van der Waals surface area contributed by atoms with Crippen LogP contribution in [-0.4, -0.2) is 22.9 Å². The van der Waals surface area contributed by atoms with Gasteiger partial charge in [-0.2, -0.15) is 0 Å². The Labute approximate surface area is 89.0 Å². The molecule has 1 aliphatic rings. The van der Waals surface area contributed by atoms with Crippen molar-refractivity contribution in [3.63, 3.8) is 0 Å². The number of thioether (sulfide) groups is 1. The van der Waals surface area contributed by atoms with E-state index in [1.54, 1.807) is 6.07 Å². The third-order valence-corrected chi connectivity index (χ3v) is 2.89. The third-order valence-electron chi connectivity index (χ3n) is 1.71. The maximum Gasteiger partial charge on any atom is 0.214 e. The lowest BCUT2D eigenvalue weighted by Gasteiger charge is -2.15. The first-order chi connectivity index (χ1) is 6.70. The second-order valence-electron chi connectivity index (χ2n) is 2.65. The van der Waals surface area contributed by atoms with Crippen LogP contribution in [0.2, 0.25) is 5.02 Å². The Morgan fingerprint density at radius 2 is 2.43 bits per heavy atom. The predicted molar refractivity (Wildman–Crippen MR) is 54.0 cm³/mol. The van der Waals surface area contributed by atoms with Crippen LogP contribution in [0.3, 0.4) is 0 Å². The van der Waals surface area contributed by atoms with E-state index in [-0.39, 0.29) is 17.4 Å². The quantitative estimate of drug-likeness (QED) is 0.740. The van der Waals surface area contributed by atoms with Gasteiger partial charge in [-0.05, 0) is 17.8 Å². The Balaban J connectivity index is 2.51. The number of carbonyl (C=O) groups is 2. The smallest absolute Gasteiger partial charge is 0.214 e. The van der Waals surface area contributed by atoms with Gasteiger partial charge in [0.2, 0.25) is 5.12 Å². The molecule has 0 amide bonds. The normalized spacial score (nSPS) is 14.5. The van der Waals surface area contributed by atoms with Crippen LogP contribution < -0.4 is 5.32 Å². The predicted octanol–water partition coefficient (Wildman–Crippen LogP) is 1.59. The van der Waals surface area contributed by atoms with Gasteiger partial charge in [0.25, 0.3) is 0 Å². The first kappa shape index (κ1) is 9.48. The summed E-state index contributed by atoms with van der Waals surface area (Å²) in [6.07, 6.45) is 0.572. The molecule has 0 aliphatic carbocycles. The lowest BCUT2D eigenvalue weighted by Crippen LogP contribution is -2.17. The molecule has 0 unspecified atom stereocenters. The van der Waals surface area contributed by atoms with E-state index in [9.17, 15) is 9.59 Å². The van der Waals surface area contributed by atoms with E-state index in [1.165, 1.54) is 0 Å². The van der Waals surface area contributed by atoms with Crippen LogP contribution in [0.1, 0.15) is 10.5 Å². The molecular weight excluding hydrogens is 224 g/mol. The van der Waals surface area contributed by atoms with Crippen LogP contribution in [0.4, 0.5) is 5.69 Å². The second-order valence-corrected chi connectivity index (χ2v) is 4.11. The lowest BCUT2D eigenvalue weighted by atomic mass is 10.3. The number of nitrogens with one attached hydrogen (secondary N) is 1. The van der Waals surface area contributed by atoms with Crippen LogP contribution >= 0.6 is 23.4 Å². The molecule has 14 heavy (non-hydrogen) atoms. The number of pyridine rings is 1. The molecule has 0 saturated heterocycles. The number of anilines is 1. The Morgan fingerprint density at radius 1 is 1.64 bits per heavy atom. The SMILES string of the molecule is O=Cc1nc2c(cc1Cl)NCC(=O)S2. The third kappa shape index (κ3) is 1.60. The van der Waals surface area contributed by atoms with Crippen LogP contribution in [0.5, 0.6) is 0 Å². The fraction of sp³-hybridized carbons (Fsp3) is 0.125. The number of halogens is 1. The topological polar surface area (TPSA) is 59.1 Å². The van der Waals surface area contributed by atoms with Gasteiger partial charge in [-0.25, -0.2) is 4.98 Å². The summed E-state index contributed by atoms with van der Waals surface area (Å²) in [5, 5.41) is 3.65. The van der Waals surface area contributed by atoms with Crippen LogP contribution in [0.25, 0.3) is 0 Å². The lowest BCUT2D eigenvalue weighted by molar-refractivity contribution is -0.109. The number of rotatable bonds is 1. The number of aldehydes is 1. The zero-order valence-electron chi connectivity index (χ0n) is 6.91. The second kappa shape index (κ2) is 3.59. The monoisotopic (exact) mass is 228 g/mol. The average molecular weight is 229 g/mol. The molecule has 0 radical (unpaired) electrons. The summed E-state index contributed by atoms with van der Waals surface area (Å²) in [6, 6.07) is 1.60. The highest BCUT2D eigenvalue weighted by atomic mass is 35.5. The molecule has 0 spiro atoms. The minimum Gasteiger partial charge on any atom is -0.375 e. The van der Waals surface area contributed by atoms with Crippen molar-refractivity contribution >= 4 is 40.5 Å². The van der Waals surface area contributed by atoms with Crippen LogP contribution in [0.15, 0.2) is 11.1 Å². The number of nitrogens with zero attached hydrogens (tertiary/aromatic N) is 1. The van der Waals surface area contributed by atoms with Gasteiger partial charge < -0.3 is 5.32 Å². The Kier molecular flexibility index (Phi) is 2.43. The van der Waals surface area contributed by atoms with Gasteiger partial charge in [-0.1, -0.05) is 11.6 Å². The molecule has 0 aromatic carbocycles. The maximum absolute atomic E-state index is 11.0. The van der Waals surface area contributed by atoms with Gasteiger partial charge in [0, 0.05) is 0 Å². The molecule has 1 aliphatic heterocycles. The fourth-order valence-corrected chi connectivity index (χ4v) is 2.02. The Hall–Kier alpha value is -1.07. The maximum atomic E-state index is 11.0. The number of carbonyl (C=O) groups excluding carboxylic acids is 2. The summed E-state index contributed by atoms with van der Waals surface area (Å²) >= 11 is 6.79. The van der Waals surface area contributed by atoms with Crippen molar-refractivity contribution < 1.29 is 9.59 Å². The van der Waals surface area contributed by atoms with Gasteiger partial charge >= 0.3 is 0 Å². The molecule has 2 heterocycles. The first-order valence-corrected chi connectivity index (χ1v) is 5.00. The van der Waals surface area contributed by atoms with Crippen molar-refractivity contribution in [3.05, 3.63) is 16.8 Å². The molecule has 0 fully saturated rings.